The predicted octanol–water partition coefficient (Wildman–Crippen LogP) is 4.36. The number of anilines is 2. The molecular weight excluding hydrogens is 515 g/mol. The highest BCUT2D eigenvalue weighted by Crippen LogP contribution is 2.33. The van der Waals surface area contributed by atoms with Crippen molar-refractivity contribution in [2.75, 3.05) is 43.7 Å². The van der Waals surface area contributed by atoms with E-state index < -0.39 is 41.6 Å². The zero-order chi connectivity index (χ0) is 26.6. The lowest BCUT2D eigenvalue weighted by molar-refractivity contribution is -0.153. The lowest BCUT2D eigenvalue weighted by Crippen LogP contribution is -2.42. The topological polar surface area (TPSA) is 83.5 Å². The van der Waals surface area contributed by atoms with Gasteiger partial charge in [-0.2, -0.15) is 18.3 Å². The number of hydrazone groups is 1. The second-order valence-electron chi connectivity index (χ2n) is 7.63. The first kappa shape index (κ1) is 27.1. The van der Waals surface area contributed by atoms with Crippen molar-refractivity contribution < 1.29 is 41.0 Å². The number of carbonyl (C=O) groups is 2. The molecule has 2 aromatic rings. The van der Waals surface area contributed by atoms with Gasteiger partial charge in [0.1, 0.15) is 24.0 Å². The van der Waals surface area contributed by atoms with Gasteiger partial charge in [0, 0.05) is 13.1 Å². The number of rotatable bonds is 7. The highest BCUT2D eigenvalue weighted by molar-refractivity contribution is 6.34. The van der Waals surface area contributed by atoms with Crippen molar-refractivity contribution in [1.82, 2.24) is 4.90 Å². The Balaban J connectivity index is 1.99. The van der Waals surface area contributed by atoms with E-state index in [0.29, 0.717) is 12.5 Å². The molecule has 1 heterocycles. The van der Waals surface area contributed by atoms with Gasteiger partial charge in [-0.3, -0.25) is 19.5 Å². The van der Waals surface area contributed by atoms with E-state index in [4.69, 9.17) is 21.1 Å². The Morgan fingerprint density at radius 1 is 1.31 bits per heavy atom. The Morgan fingerprint density at radius 3 is 2.67 bits per heavy atom. The molecule has 8 nitrogen and oxygen atoms in total. The third-order valence-electron chi connectivity index (χ3n) is 4.96. The molecule has 0 aromatic heterocycles. The summed E-state index contributed by atoms with van der Waals surface area (Å²) < 4.78 is 77.2. The minimum atomic E-state index is -4.75. The van der Waals surface area contributed by atoms with Crippen LogP contribution in [0.5, 0.6) is 5.75 Å². The molecule has 1 aliphatic heterocycles. The summed E-state index contributed by atoms with van der Waals surface area (Å²) in [5, 5.41) is 7.24. The van der Waals surface area contributed by atoms with Crippen LogP contribution >= 0.6 is 11.6 Å². The number of carbonyl (C=O) groups excluding carboxylic acids is 2. The smallest absolute Gasteiger partial charge is 0.422 e. The van der Waals surface area contributed by atoms with Crippen LogP contribution < -0.4 is 15.1 Å². The largest absolute Gasteiger partial charge is 0.483 e. The molecule has 194 valence electrons. The molecule has 14 heteroatoms. The molecule has 3 rings (SSSR count). The zero-order valence-electron chi connectivity index (χ0n) is 19.0. The maximum Gasteiger partial charge on any atom is 0.422 e. The van der Waals surface area contributed by atoms with Gasteiger partial charge in [-0.15, -0.1) is 0 Å². The summed E-state index contributed by atoms with van der Waals surface area (Å²) in [5.41, 5.74) is -0.696. The molecule has 0 saturated carbocycles. The standard InChI is InChI=1S/C22H20ClF5N4O4/c1-12-5-13(24)6-15(23)20(12)29-21(34)14-7-16(25)17(8-18(14)36-10-22(26,27)28)31(2)30-19-9-35-4-3-32(19)11-33/h5-8,11H,3-4,9-10H2,1-2H3,(H,29,34)/b30-19-. The lowest BCUT2D eigenvalue weighted by Gasteiger charge is -2.26. The normalized spacial score (nSPS) is 15.1. The molecule has 1 saturated heterocycles. The number of benzene rings is 2. The first-order valence-corrected chi connectivity index (χ1v) is 10.7. The lowest BCUT2D eigenvalue weighted by atomic mass is 10.1. The summed E-state index contributed by atoms with van der Waals surface area (Å²) in [6.45, 7) is 0.108. The number of halogens is 6. The molecular formula is C22H20ClF5N4O4. The van der Waals surface area contributed by atoms with Gasteiger partial charge in [-0.25, -0.2) is 8.78 Å². The summed E-state index contributed by atoms with van der Waals surface area (Å²) in [6, 6.07) is 3.56. The van der Waals surface area contributed by atoms with E-state index in [-0.39, 0.29) is 47.6 Å². The van der Waals surface area contributed by atoms with E-state index in [0.717, 1.165) is 23.2 Å². The Kier molecular flexibility index (Phi) is 8.35. The molecule has 36 heavy (non-hydrogen) atoms. The Morgan fingerprint density at radius 2 is 2.03 bits per heavy atom. The SMILES string of the molecule is Cc1cc(F)cc(Cl)c1NC(=O)c1cc(F)c(N(C)/N=C2/COCCN2C=O)cc1OCC(F)(F)F. The Hall–Kier alpha value is -3.45. The minimum Gasteiger partial charge on any atom is -0.483 e. The summed E-state index contributed by atoms with van der Waals surface area (Å²) >= 11 is 5.97. The molecule has 0 atom stereocenters. The van der Waals surface area contributed by atoms with Gasteiger partial charge in [0.05, 0.1) is 35.1 Å². The first-order valence-electron chi connectivity index (χ1n) is 10.3. The van der Waals surface area contributed by atoms with E-state index in [1.807, 2.05) is 0 Å². The van der Waals surface area contributed by atoms with Gasteiger partial charge < -0.3 is 14.8 Å². The summed E-state index contributed by atoms with van der Waals surface area (Å²) in [6.07, 6.45) is -4.24. The van der Waals surface area contributed by atoms with Gasteiger partial charge >= 0.3 is 6.18 Å². The van der Waals surface area contributed by atoms with Gasteiger partial charge in [-0.05, 0) is 30.7 Å². The van der Waals surface area contributed by atoms with Gasteiger partial charge in [0.25, 0.3) is 5.91 Å². The number of ether oxygens (including phenoxy) is 2. The summed E-state index contributed by atoms with van der Waals surface area (Å²) in [7, 11) is 1.29. The molecule has 0 radical (unpaired) electrons. The van der Waals surface area contributed by atoms with Crippen LogP contribution in [0.4, 0.5) is 33.3 Å². The molecule has 0 bridgehead atoms. The number of alkyl halides is 3. The van der Waals surface area contributed by atoms with Crippen molar-refractivity contribution in [3.05, 3.63) is 52.0 Å². The van der Waals surface area contributed by atoms with Crippen LogP contribution in [0.2, 0.25) is 5.02 Å². The second kappa shape index (κ2) is 11.1. The number of nitrogens with zero attached hydrogens (tertiary/aromatic N) is 3. The van der Waals surface area contributed by atoms with E-state index in [1.54, 1.807) is 0 Å². The number of nitrogens with one attached hydrogen (secondary N) is 1. The fraction of sp³-hybridized carbons (Fsp3) is 0.318. The van der Waals surface area contributed by atoms with Crippen molar-refractivity contribution in [3.63, 3.8) is 0 Å². The maximum absolute atomic E-state index is 15.0. The van der Waals surface area contributed by atoms with Crippen molar-refractivity contribution in [1.29, 1.82) is 0 Å². The number of amidine groups is 1. The average Bonchev–Trinajstić information content (AvgIpc) is 2.79. The van der Waals surface area contributed by atoms with Crippen LogP contribution in [0.1, 0.15) is 15.9 Å². The number of morpholine rings is 1. The molecule has 0 aliphatic carbocycles. The first-order chi connectivity index (χ1) is 16.9. The van der Waals surface area contributed by atoms with E-state index in [2.05, 4.69) is 10.4 Å². The quantitative estimate of drug-likeness (QED) is 0.324. The van der Waals surface area contributed by atoms with Crippen molar-refractivity contribution in [2.24, 2.45) is 5.10 Å². The molecule has 2 aromatic carbocycles. The molecule has 1 fully saturated rings. The monoisotopic (exact) mass is 534 g/mol. The Bertz CT molecular complexity index is 1170. The molecule has 2 amide bonds. The molecule has 1 aliphatic rings. The predicted molar refractivity (Wildman–Crippen MR) is 121 cm³/mol. The van der Waals surface area contributed by atoms with E-state index >= 15 is 4.39 Å². The van der Waals surface area contributed by atoms with E-state index in [1.165, 1.54) is 18.9 Å². The zero-order valence-corrected chi connectivity index (χ0v) is 19.7. The average molecular weight is 535 g/mol. The van der Waals surface area contributed by atoms with Crippen molar-refractivity contribution in [2.45, 2.75) is 13.1 Å². The fourth-order valence-corrected chi connectivity index (χ4v) is 3.55. The number of aryl methyl sites for hydroxylation is 1. The fourth-order valence-electron chi connectivity index (χ4n) is 3.25. The molecule has 1 N–H and O–H groups in total. The third-order valence-corrected chi connectivity index (χ3v) is 5.25. The Labute approximate surface area is 207 Å². The van der Waals surface area contributed by atoms with Crippen LogP contribution in [-0.2, 0) is 9.53 Å². The molecule has 0 spiro atoms. The van der Waals surface area contributed by atoms with Gasteiger partial charge in [0.15, 0.2) is 12.4 Å². The third kappa shape index (κ3) is 6.61. The summed E-state index contributed by atoms with van der Waals surface area (Å²) in [5.74, 6) is -3.20. The van der Waals surface area contributed by atoms with Crippen LogP contribution in [-0.4, -0.2) is 62.6 Å². The van der Waals surface area contributed by atoms with Crippen LogP contribution in [0.25, 0.3) is 0 Å². The van der Waals surface area contributed by atoms with Gasteiger partial charge in [-0.1, -0.05) is 11.6 Å². The highest BCUT2D eigenvalue weighted by atomic mass is 35.5. The van der Waals surface area contributed by atoms with Crippen LogP contribution in [0.3, 0.4) is 0 Å². The highest BCUT2D eigenvalue weighted by Gasteiger charge is 2.30. The minimum absolute atomic E-state index is 0.0101. The van der Waals surface area contributed by atoms with Gasteiger partial charge in [0.2, 0.25) is 6.41 Å². The van der Waals surface area contributed by atoms with Crippen LogP contribution in [0.15, 0.2) is 29.4 Å². The molecule has 0 unspecified atom stereocenters. The second-order valence-corrected chi connectivity index (χ2v) is 8.04. The maximum atomic E-state index is 15.0. The number of amides is 2. The van der Waals surface area contributed by atoms with E-state index in [9.17, 15) is 27.2 Å². The van der Waals surface area contributed by atoms with Crippen LogP contribution in [0, 0.1) is 18.6 Å². The van der Waals surface area contributed by atoms with Crippen molar-refractivity contribution in [3.8, 4) is 5.75 Å². The number of hydrogen-bond acceptors (Lipinski definition) is 6. The number of hydrogen-bond donors (Lipinski definition) is 1. The summed E-state index contributed by atoms with van der Waals surface area (Å²) in [4.78, 5) is 25.3. The van der Waals surface area contributed by atoms with Crippen molar-refractivity contribution >= 4 is 41.1 Å².